The highest BCUT2D eigenvalue weighted by Gasteiger charge is 2.06. The van der Waals surface area contributed by atoms with Crippen LogP contribution in [0.2, 0.25) is 0 Å². The first-order valence-corrected chi connectivity index (χ1v) is 5.65. The normalized spacial score (nSPS) is 9.61. The molecule has 0 N–H and O–H groups in total. The monoisotopic (exact) mass is 251 g/mol. The molecule has 1 aromatic carbocycles. The first-order chi connectivity index (χ1) is 8.67. The van der Waals surface area contributed by atoms with Crippen LogP contribution in [0.5, 0.6) is 5.75 Å². The molecular formula is C13H14FNO3. The molecule has 0 aliphatic heterocycles. The number of halogens is 1. The van der Waals surface area contributed by atoms with E-state index in [2.05, 4.69) is 0 Å². The average molecular weight is 251 g/mol. The molecule has 0 atom stereocenters. The second-order valence-electron chi connectivity index (χ2n) is 3.62. The molecule has 0 spiro atoms. The second-order valence-corrected chi connectivity index (χ2v) is 3.62. The van der Waals surface area contributed by atoms with Crippen LogP contribution in [0.4, 0.5) is 4.39 Å². The Balaban J connectivity index is 2.42. The molecule has 0 saturated carbocycles. The van der Waals surface area contributed by atoms with Crippen molar-refractivity contribution in [1.82, 2.24) is 0 Å². The molecule has 1 aromatic rings. The maximum Gasteiger partial charge on any atom is 0.344 e. The molecule has 1 rings (SSSR count). The number of carbonyl (C=O) groups excluding carboxylic acids is 1. The first-order valence-electron chi connectivity index (χ1n) is 5.65. The number of benzene rings is 1. The number of esters is 1. The fourth-order valence-corrected chi connectivity index (χ4v) is 1.19. The lowest BCUT2D eigenvalue weighted by Gasteiger charge is -2.06. The minimum atomic E-state index is -0.672. The fourth-order valence-electron chi connectivity index (χ4n) is 1.19. The minimum absolute atomic E-state index is 0.0622. The van der Waals surface area contributed by atoms with Gasteiger partial charge in [-0.3, -0.25) is 0 Å². The molecule has 5 heteroatoms. The Morgan fingerprint density at radius 3 is 2.89 bits per heavy atom. The van der Waals surface area contributed by atoms with E-state index in [1.807, 2.05) is 6.92 Å². The van der Waals surface area contributed by atoms with Gasteiger partial charge in [0.1, 0.15) is 17.6 Å². The van der Waals surface area contributed by atoms with Crippen molar-refractivity contribution in [2.75, 3.05) is 13.2 Å². The van der Waals surface area contributed by atoms with E-state index in [9.17, 15) is 9.18 Å². The molecule has 96 valence electrons. The van der Waals surface area contributed by atoms with Gasteiger partial charge in [0.15, 0.2) is 6.61 Å². The van der Waals surface area contributed by atoms with Gasteiger partial charge in [0.2, 0.25) is 0 Å². The van der Waals surface area contributed by atoms with Gasteiger partial charge in [-0.15, -0.1) is 0 Å². The number of unbranched alkanes of at least 4 members (excludes halogenated alkanes) is 1. The Morgan fingerprint density at radius 1 is 1.50 bits per heavy atom. The van der Waals surface area contributed by atoms with Crippen LogP contribution in [0.15, 0.2) is 18.2 Å². The molecular weight excluding hydrogens is 237 g/mol. The Bertz CT molecular complexity index is 454. The van der Waals surface area contributed by atoms with Crippen LogP contribution < -0.4 is 4.74 Å². The lowest BCUT2D eigenvalue weighted by molar-refractivity contribution is -0.146. The summed E-state index contributed by atoms with van der Waals surface area (Å²) >= 11 is 0. The van der Waals surface area contributed by atoms with Crippen LogP contribution in [-0.2, 0) is 9.53 Å². The Labute approximate surface area is 105 Å². The predicted molar refractivity (Wildman–Crippen MR) is 62.5 cm³/mol. The molecule has 0 heterocycles. The predicted octanol–water partition coefficient (Wildman–Crippen LogP) is 2.42. The number of nitriles is 1. The van der Waals surface area contributed by atoms with Crippen LogP contribution in [0.1, 0.15) is 25.3 Å². The number of hydrogen-bond acceptors (Lipinski definition) is 4. The summed E-state index contributed by atoms with van der Waals surface area (Å²) in [6, 6.07) is 5.50. The summed E-state index contributed by atoms with van der Waals surface area (Å²) in [5.41, 5.74) is -0.0622. The van der Waals surface area contributed by atoms with Crippen molar-refractivity contribution in [3.05, 3.63) is 29.6 Å². The minimum Gasteiger partial charge on any atom is -0.482 e. The van der Waals surface area contributed by atoms with Crippen LogP contribution in [0.3, 0.4) is 0 Å². The van der Waals surface area contributed by atoms with Crippen LogP contribution >= 0.6 is 0 Å². The summed E-state index contributed by atoms with van der Waals surface area (Å²) in [7, 11) is 0. The number of rotatable bonds is 6. The van der Waals surface area contributed by atoms with E-state index >= 15 is 0 Å². The standard InChI is InChI=1S/C13H14FNO3/c1-2-3-6-17-13(16)9-18-11-5-4-10(8-15)12(14)7-11/h4-5,7H,2-3,6,9H2,1H3. The molecule has 0 radical (unpaired) electrons. The lowest BCUT2D eigenvalue weighted by atomic mass is 10.2. The van der Waals surface area contributed by atoms with Gasteiger partial charge in [-0.05, 0) is 18.6 Å². The number of carbonyl (C=O) groups is 1. The van der Waals surface area contributed by atoms with Crippen molar-refractivity contribution in [1.29, 1.82) is 5.26 Å². The third-order valence-corrected chi connectivity index (χ3v) is 2.18. The molecule has 18 heavy (non-hydrogen) atoms. The van der Waals surface area contributed by atoms with Crippen molar-refractivity contribution in [2.45, 2.75) is 19.8 Å². The summed E-state index contributed by atoms with van der Waals surface area (Å²) < 4.78 is 23.1. The van der Waals surface area contributed by atoms with E-state index in [1.165, 1.54) is 12.1 Å². The van der Waals surface area contributed by atoms with Gasteiger partial charge in [-0.25, -0.2) is 9.18 Å². The maximum atomic E-state index is 13.2. The van der Waals surface area contributed by atoms with Gasteiger partial charge < -0.3 is 9.47 Å². The summed E-state index contributed by atoms with van der Waals surface area (Å²) in [6.45, 7) is 2.08. The Morgan fingerprint density at radius 2 is 2.28 bits per heavy atom. The van der Waals surface area contributed by atoms with Crippen molar-refractivity contribution >= 4 is 5.97 Å². The zero-order valence-corrected chi connectivity index (χ0v) is 10.1. The highest BCUT2D eigenvalue weighted by molar-refractivity contribution is 5.71. The molecule has 0 aromatic heterocycles. The van der Waals surface area contributed by atoms with Crippen molar-refractivity contribution in [3.63, 3.8) is 0 Å². The molecule has 0 fully saturated rings. The largest absolute Gasteiger partial charge is 0.482 e. The van der Waals surface area contributed by atoms with Crippen molar-refractivity contribution in [2.24, 2.45) is 0 Å². The third kappa shape index (κ3) is 4.42. The van der Waals surface area contributed by atoms with Gasteiger partial charge in [0.05, 0.1) is 12.2 Å². The molecule has 0 aliphatic rings. The van der Waals surface area contributed by atoms with Gasteiger partial charge in [-0.1, -0.05) is 13.3 Å². The Hall–Kier alpha value is -2.09. The number of nitrogens with zero attached hydrogens (tertiary/aromatic N) is 1. The highest BCUT2D eigenvalue weighted by atomic mass is 19.1. The fraction of sp³-hybridized carbons (Fsp3) is 0.385. The second kappa shape index (κ2) is 7.28. The summed E-state index contributed by atoms with van der Waals surface area (Å²) in [6.07, 6.45) is 1.74. The first kappa shape index (κ1) is 14.0. The summed E-state index contributed by atoms with van der Waals surface area (Å²) in [5, 5.41) is 8.54. The van der Waals surface area contributed by atoms with Crippen molar-refractivity contribution < 1.29 is 18.7 Å². The molecule has 0 amide bonds. The van der Waals surface area contributed by atoms with E-state index < -0.39 is 11.8 Å². The maximum absolute atomic E-state index is 13.2. The molecule has 0 bridgehead atoms. The average Bonchev–Trinajstić information content (AvgIpc) is 2.37. The van der Waals surface area contributed by atoms with Crippen LogP contribution in [0, 0.1) is 17.1 Å². The van der Waals surface area contributed by atoms with E-state index in [-0.39, 0.29) is 17.9 Å². The number of hydrogen-bond donors (Lipinski definition) is 0. The van der Waals surface area contributed by atoms with Gasteiger partial charge >= 0.3 is 5.97 Å². The SMILES string of the molecule is CCCCOC(=O)COc1ccc(C#N)c(F)c1. The van der Waals surface area contributed by atoms with Gasteiger partial charge in [-0.2, -0.15) is 5.26 Å². The van der Waals surface area contributed by atoms with Gasteiger partial charge in [0.25, 0.3) is 0 Å². The zero-order chi connectivity index (χ0) is 13.4. The molecule has 0 unspecified atom stereocenters. The highest BCUT2D eigenvalue weighted by Crippen LogP contribution is 2.15. The smallest absolute Gasteiger partial charge is 0.344 e. The topological polar surface area (TPSA) is 59.3 Å². The van der Waals surface area contributed by atoms with E-state index in [1.54, 1.807) is 6.07 Å². The molecule has 4 nitrogen and oxygen atoms in total. The quantitative estimate of drug-likeness (QED) is 0.575. The van der Waals surface area contributed by atoms with E-state index in [0.717, 1.165) is 18.9 Å². The van der Waals surface area contributed by atoms with Crippen LogP contribution in [0.25, 0.3) is 0 Å². The number of ether oxygens (including phenoxy) is 2. The van der Waals surface area contributed by atoms with E-state index in [0.29, 0.717) is 6.61 Å². The lowest BCUT2D eigenvalue weighted by Crippen LogP contribution is -2.15. The van der Waals surface area contributed by atoms with Gasteiger partial charge in [0, 0.05) is 6.07 Å². The summed E-state index contributed by atoms with van der Waals surface area (Å²) in [4.78, 5) is 11.2. The molecule has 0 saturated heterocycles. The molecule has 0 aliphatic carbocycles. The Kier molecular flexibility index (Phi) is 5.65. The third-order valence-electron chi connectivity index (χ3n) is 2.18. The van der Waals surface area contributed by atoms with Crippen molar-refractivity contribution in [3.8, 4) is 11.8 Å². The zero-order valence-electron chi connectivity index (χ0n) is 10.1. The van der Waals surface area contributed by atoms with Crippen LogP contribution in [-0.4, -0.2) is 19.2 Å². The van der Waals surface area contributed by atoms with E-state index in [4.69, 9.17) is 14.7 Å². The summed E-state index contributed by atoms with van der Waals surface area (Å²) in [5.74, 6) is -0.971.